The largest absolute Gasteiger partial charge is 0.459 e. The van der Waals surface area contributed by atoms with Crippen molar-refractivity contribution in [1.82, 2.24) is 20.7 Å². The molecule has 0 fully saturated rings. The van der Waals surface area contributed by atoms with Crippen molar-refractivity contribution >= 4 is 39.6 Å². The zero-order valence-corrected chi connectivity index (χ0v) is 19.7. The predicted octanol–water partition coefficient (Wildman–Crippen LogP) is 2.43. The second kappa shape index (κ2) is 11.6. The summed E-state index contributed by atoms with van der Waals surface area (Å²) >= 11 is 0. The third kappa shape index (κ3) is 6.57. The first-order chi connectivity index (χ1) is 17.9. The van der Waals surface area contributed by atoms with Gasteiger partial charge in [-0.3, -0.25) is 4.79 Å². The number of amides is 1. The molecule has 0 aliphatic heterocycles. The van der Waals surface area contributed by atoms with Gasteiger partial charge in [0.25, 0.3) is 11.9 Å². The molecule has 4 aromatic rings. The molecule has 4 rings (SSSR count). The van der Waals surface area contributed by atoms with E-state index >= 15 is 0 Å². The molecular formula is C25H25N7O5. The molecule has 0 spiro atoms. The molecule has 190 valence electrons. The van der Waals surface area contributed by atoms with Crippen LogP contribution in [-0.4, -0.2) is 45.4 Å². The van der Waals surface area contributed by atoms with E-state index in [0.29, 0.717) is 6.42 Å². The lowest BCUT2D eigenvalue weighted by molar-refractivity contribution is -0.525. The van der Waals surface area contributed by atoms with Gasteiger partial charge in [-0.25, -0.2) is 24.9 Å². The van der Waals surface area contributed by atoms with Gasteiger partial charge in [0.2, 0.25) is 0 Å². The number of aromatic amines is 1. The van der Waals surface area contributed by atoms with E-state index in [1.54, 1.807) is 17.7 Å². The quantitative estimate of drug-likeness (QED) is 0.0636. The molecule has 0 radical (unpaired) electrons. The zero-order valence-electron chi connectivity index (χ0n) is 19.7. The zero-order chi connectivity index (χ0) is 26.2. The van der Waals surface area contributed by atoms with Gasteiger partial charge >= 0.3 is 5.97 Å². The summed E-state index contributed by atoms with van der Waals surface area (Å²) in [5.41, 5.74) is 9.83. The van der Waals surface area contributed by atoms with Crippen molar-refractivity contribution in [2.45, 2.75) is 25.5 Å². The average Bonchev–Trinajstić information content (AvgIpc) is 3.27. The molecular weight excluding hydrogens is 478 g/mol. The van der Waals surface area contributed by atoms with Crippen LogP contribution >= 0.6 is 0 Å². The van der Waals surface area contributed by atoms with Crippen molar-refractivity contribution in [3.8, 4) is 0 Å². The van der Waals surface area contributed by atoms with Crippen LogP contribution in [0.5, 0.6) is 0 Å². The first-order valence-electron chi connectivity index (χ1n) is 11.5. The third-order valence-corrected chi connectivity index (χ3v) is 5.58. The lowest BCUT2D eigenvalue weighted by Gasteiger charge is -2.17. The number of H-pyrrole nitrogens is 1. The molecule has 1 atom stereocenters. The van der Waals surface area contributed by atoms with Crippen molar-refractivity contribution in [2.75, 3.05) is 6.54 Å². The standard InChI is InChI=1S/C25H25N7O5/c26-25(31-32(35)36)27-12-6-11-20(24(34)37-15-16-7-2-1-3-8-16)30-23(33)21-13-18-17-9-4-5-10-19(17)29-22(18)14-28-21/h1-5,7-10,13-14,20,29H,6,11-12,15H2,(H,30,33)(H3,26,27,31)/t20-/m0/s1. The second-order valence-electron chi connectivity index (χ2n) is 8.18. The van der Waals surface area contributed by atoms with Gasteiger partial charge in [-0.05, 0) is 30.5 Å². The average molecular weight is 504 g/mol. The lowest BCUT2D eigenvalue weighted by Crippen LogP contribution is -2.42. The summed E-state index contributed by atoms with van der Waals surface area (Å²) < 4.78 is 5.43. The SMILES string of the molecule is NC(=NCCC[C@H](NC(=O)c1cc2c(cn1)[nH]c1ccccc12)C(=O)OCc1ccccc1)N[N+](=O)[O-]. The number of carbonyl (C=O) groups is 2. The number of aromatic nitrogens is 2. The number of rotatable bonds is 10. The van der Waals surface area contributed by atoms with Crippen LogP contribution in [-0.2, 0) is 16.1 Å². The maximum absolute atomic E-state index is 13.1. The summed E-state index contributed by atoms with van der Waals surface area (Å²) in [6.45, 7) is 0.147. The molecule has 0 aliphatic carbocycles. The number of hydrogen-bond acceptors (Lipinski definition) is 7. The van der Waals surface area contributed by atoms with E-state index < -0.39 is 23.0 Å². The van der Waals surface area contributed by atoms with Crippen LogP contribution in [0.3, 0.4) is 0 Å². The number of esters is 1. The van der Waals surface area contributed by atoms with E-state index in [0.717, 1.165) is 27.4 Å². The number of carbonyl (C=O) groups excluding carboxylic acids is 2. The number of nitrogens with zero attached hydrogens (tertiary/aromatic N) is 3. The van der Waals surface area contributed by atoms with Gasteiger partial charge < -0.3 is 20.8 Å². The van der Waals surface area contributed by atoms with Crippen molar-refractivity contribution < 1.29 is 19.4 Å². The highest BCUT2D eigenvalue weighted by atomic mass is 16.7. The Hall–Kier alpha value is -5.00. The van der Waals surface area contributed by atoms with Crippen molar-refractivity contribution in [2.24, 2.45) is 10.7 Å². The topological polar surface area (TPSA) is 178 Å². The van der Waals surface area contributed by atoms with Gasteiger partial charge in [-0.15, -0.1) is 0 Å². The normalized spacial score (nSPS) is 12.3. The van der Waals surface area contributed by atoms with Gasteiger partial charge in [-0.1, -0.05) is 54.0 Å². The van der Waals surface area contributed by atoms with E-state index in [9.17, 15) is 19.7 Å². The van der Waals surface area contributed by atoms with Gasteiger partial charge in [-0.2, -0.15) is 0 Å². The number of hydrogen-bond donors (Lipinski definition) is 4. The molecule has 12 nitrogen and oxygen atoms in total. The number of aliphatic imine (C=N–C) groups is 1. The van der Waals surface area contributed by atoms with Gasteiger partial charge in [0, 0.05) is 22.8 Å². The minimum Gasteiger partial charge on any atom is -0.459 e. The van der Waals surface area contributed by atoms with Crippen LogP contribution in [0.4, 0.5) is 0 Å². The molecule has 2 heterocycles. The number of para-hydroxylation sites is 1. The van der Waals surface area contributed by atoms with Gasteiger partial charge in [0.05, 0.1) is 11.7 Å². The number of nitrogens with two attached hydrogens (primary N) is 1. The Kier molecular flexibility index (Phi) is 7.88. The Labute approximate surface area is 211 Å². The van der Waals surface area contributed by atoms with Crippen LogP contribution in [0.1, 0.15) is 28.9 Å². The first-order valence-corrected chi connectivity index (χ1v) is 11.5. The number of nitro groups is 1. The van der Waals surface area contributed by atoms with E-state index in [-0.39, 0.29) is 31.2 Å². The Morgan fingerprint density at radius 2 is 1.86 bits per heavy atom. The summed E-state index contributed by atoms with van der Waals surface area (Å²) in [7, 11) is 0. The monoisotopic (exact) mass is 503 g/mol. The fraction of sp³-hybridized carbons (Fsp3) is 0.200. The summed E-state index contributed by atoms with van der Waals surface area (Å²) in [5.74, 6) is -1.51. The van der Waals surface area contributed by atoms with Crippen molar-refractivity contribution in [3.63, 3.8) is 0 Å². The fourth-order valence-corrected chi connectivity index (χ4v) is 3.81. The van der Waals surface area contributed by atoms with Gasteiger partial charge in [0.1, 0.15) is 18.3 Å². The number of benzene rings is 2. The Morgan fingerprint density at radius 1 is 1.11 bits per heavy atom. The van der Waals surface area contributed by atoms with Crippen LogP contribution in [0, 0.1) is 10.1 Å². The van der Waals surface area contributed by atoms with Crippen LogP contribution in [0.15, 0.2) is 71.9 Å². The van der Waals surface area contributed by atoms with Crippen LogP contribution in [0.2, 0.25) is 0 Å². The van der Waals surface area contributed by atoms with Crippen LogP contribution < -0.4 is 16.5 Å². The number of ether oxygens (including phenoxy) is 1. The highest BCUT2D eigenvalue weighted by Gasteiger charge is 2.24. The van der Waals surface area contributed by atoms with Crippen LogP contribution in [0.25, 0.3) is 21.8 Å². The maximum atomic E-state index is 13.1. The fourth-order valence-electron chi connectivity index (χ4n) is 3.81. The molecule has 0 saturated carbocycles. The predicted molar refractivity (Wildman–Crippen MR) is 137 cm³/mol. The number of fused-ring (bicyclic) bond motifs is 3. The number of guanidine groups is 1. The first kappa shape index (κ1) is 25.1. The number of pyridine rings is 1. The van der Waals surface area contributed by atoms with Gasteiger partial charge in [0.15, 0.2) is 5.03 Å². The van der Waals surface area contributed by atoms with E-state index in [4.69, 9.17) is 10.5 Å². The maximum Gasteiger partial charge on any atom is 0.328 e. The molecule has 5 N–H and O–H groups in total. The minimum atomic E-state index is -0.989. The Bertz CT molecular complexity index is 1450. The summed E-state index contributed by atoms with van der Waals surface area (Å²) in [6, 6.07) is 17.5. The molecule has 0 bridgehead atoms. The molecule has 1 amide bonds. The highest BCUT2D eigenvalue weighted by Crippen LogP contribution is 2.25. The second-order valence-corrected chi connectivity index (χ2v) is 8.18. The molecule has 2 aromatic heterocycles. The van der Waals surface area contributed by atoms with E-state index in [1.807, 2.05) is 54.6 Å². The summed E-state index contributed by atoms with van der Waals surface area (Å²) in [4.78, 5) is 47.7. The Balaban J connectivity index is 1.47. The summed E-state index contributed by atoms with van der Waals surface area (Å²) in [5, 5.41) is 14.1. The lowest BCUT2D eigenvalue weighted by atomic mass is 10.1. The molecule has 0 aliphatic rings. The number of nitrogens with one attached hydrogen (secondary N) is 3. The third-order valence-electron chi connectivity index (χ3n) is 5.58. The van der Waals surface area contributed by atoms with Crippen molar-refractivity contribution in [3.05, 3.63) is 88.2 Å². The highest BCUT2D eigenvalue weighted by molar-refractivity contribution is 6.09. The summed E-state index contributed by atoms with van der Waals surface area (Å²) in [6.07, 6.45) is 2.05. The van der Waals surface area contributed by atoms with Crippen molar-refractivity contribution in [1.29, 1.82) is 0 Å². The van der Waals surface area contributed by atoms with E-state index in [1.165, 1.54) is 0 Å². The molecule has 37 heavy (non-hydrogen) atoms. The molecule has 2 aromatic carbocycles. The van der Waals surface area contributed by atoms with E-state index in [2.05, 4.69) is 20.3 Å². The Morgan fingerprint density at radius 3 is 2.65 bits per heavy atom. The molecule has 0 saturated heterocycles. The smallest absolute Gasteiger partial charge is 0.328 e. The minimum absolute atomic E-state index is 0.0451. The number of hydrazine groups is 1. The molecule has 12 heteroatoms. The molecule has 0 unspecified atom stereocenters.